The highest BCUT2D eigenvalue weighted by Gasteiger charge is 2.37. The highest BCUT2D eigenvalue weighted by molar-refractivity contribution is 6.42. The number of carbonyl (C=O) groups is 2. The summed E-state index contributed by atoms with van der Waals surface area (Å²) in [4.78, 5) is 37.7. The molecule has 2 aliphatic heterocycles. The van der Waals surface area contributed by atoms with Crippen molar-refractivity contribution in [2.75, 3.05) is 42.5 Å². The van der Waals surface area contributed by atoms with Gasteiger partial charge < -0.3 is 24.8 Å². The molecule has 0 bridgehead atoms. The van der Waals surface area contributed by atoms with Gasteiger partial charge in [-0.3, -0.25) is 19.7 Å². The standard InChI is InChI=1S/C24H26Cl2N8O5/c1-12(35)29-15-10-39-11-16(15)30-23-27-7-13-8-33(21-19(25)17(37-2)6-18(38-3)20(21)26)24(36)34(22(13)31-23)9-14-4-5-28-32-14/h4-7,15-16H,8-11H2,1-3H3,(H,28,32)(H,29,35)(H,27,30,31). The Kier molecular flexibility index (Phi) is 7.64. The summed E-state index contributed by atoms with van der Waals surface area (Å²) < 4.78 is 16.3. The van der Waals surface area contributed by atoms with E-state index in [9.17, 15) is 9.59 Å². The molecule has 1 aromatic carbocycles. The quantitative estimate of drug-likeness (QED) is 0.368. The van der Waals surface area contributed by atoms with Crippen LogP contribution in [0.15, 0.2) is 24.5 Å². The second-order valence-corrected chi connectivity index (χ2v) is 9.69. The molecule has 2 unspecified atom stereocenters. The molecule has 5 rings (SSSR count). The minimum atomic E-state index is -0.429. The number of H-pyrrole nitrogens is 1. The summed E-state index contributed by atoms with van der Waals surface area (Å²) in [6.45, 7) is 2.41. The zero-order chi connectivity index (χ0) is 27.7. The lowest BCUT2D eigenvalue weighted by molar-refractivity contribution is -0.119. The molecule has 39 heavy (non-hydrogen) atoms. The Balaban J connectivity index is 1.53. The maximum atomic E-state index is 14.0. The summed E-state index contributed by atoms with van der Waals surface area (Å²) in [6, 6.07) is 2.40. The Bertz CT molecular complexity index is 1360. The molecule has 0 saturated carbocycles. The number of hydrogen-bond donors (Lipinski definition) is 3. The summed E-state index contributed by atoms with van der Waals surface area (Å²) in [6.07, 6.45) is 3.23. The molecule has 4 heterocycles. The number of ether oxygens (including phenoxy) is 3. The van der Waals surface area contributed by atoms with Crippen LogP contribution >= 0.6 is 23.2 Å². The van der Waals surface area contributed by atoms with E-state index in [0.29, 0.717) is 41.8 Å². The van der Waals surface area contributed by atoms with Gasteiger partial charge in [0.2, 0.25) is 11.9 Å². The van der Waals surface area contributed by atoms with Crippen LogP contribution < -0.4 is 29.9 Å². The molecule has 2 aliphatic rings. The molecule has 206 valence electrons. The number of anilines is 3. The van der Waals surface area contributed by atoms with Crippen molar-refractivity contribution in [3.05, 3.63) is 45.8 Å². The third-order valence-electron chi connectivity index (χ3n) is 6.38. The number of fused-ring (bicyclic) bond motifs is 1. The van der Waals surface area contributed by atoms with E-state index in [1.807, 2.05) is 0 Å². The molecule has 3 aromatic rings. The number of amides is 3. The highest BCUT2D eigenvalue weighted by Crippen LogP contribution is 2.48. The van der Waals surface area contributed by atoms with Crippen molar-refractivity contribution in [1.29, 1.82) is 0 Å². The number of nitrogens with zero attached hydrogens (tertiary/aromatic N) is 5. The molecule has 15 heteroatoms. The molecule has 2 atom stereocenters. The second-order valence-electron chi connectivity index (χ2n) is 8.93. The molecule has 0 aliphatic carbocycles. The first-order valence-corrected chi connectivity index (χ1v) is 12.7. The van der Waals surface area contributed by atoms with Gasteiger partial charge in [0.25, 0.3) is 0 Å². The van der Waals surface area contributed by atoms with Gasteiger partial charge in [0, 0.05) is 30.9 Å². The van der Waals surface area contributed by atoms with Crippen molar-refractivity contribution >= 4 is 52.6 Å². The number of hydrogen-bond acceptors (Lipinski definition) is 9. The smallest absolute Gasteiger partial charge is 0.330 e. The van der Waals surface area contributed by atoms with Gasteiger partial charge in [0.05, 0.1) is 64.0 Å². The number of aromatic amines is 1. The van der Waals surface area contributed by atoms with Crippen molar-refractivity contribution in [1.82, 2.24) is 25.5 Å². The Labute approximate surface area is 233 Å². The lowest BCUT2D eigenvalue weighted by Gasteiger charge is -2.37. The first-order valence-electron chi connectivity index (χ1n) is 11.9. The van der Waals surface area contributed by atoms with Gasteiger partial charge in [0.1, 0.15) is 27.4 Å². The van der Waals surface area contributed by atoms with Crippen LogP contribution in [0.25, 0.3) is 0 Å². The van der Waals surface area contributed by atoms with Crippen molar-refractivity contribution in [3.8, 4) is 11.5 Å². The zero-order valence-electron chi connectivity index (χ0n) is 21.3. The average molecular weight is 577 g/mol. The second kappa shape index (κ2) is 11.1. The molecular formula is C24H26Cl2N8O5. The summed E-state index contributed by atoms with van der Waals surface area (Å²) >= 11 is 13.3. The Morgan fingerprint density at radius 1 is 1.21 bits per heavy atom. The molecule has 1 fully saturated rings. The number of halogens is 2. The molecule has 3 N–H and O–H groups in total. The number of carbonyl (C=O) groups excluding carboxylic acids is 2. The third kappa shape index (κ3) is 5.24. The van der Waals surface area contributed by atoms with Crippen molar-refractivity contribution in [2.24, 2.45) is 0 Å². The topological polar surface area (TPSA) is 147 Å². The van der Waals surface area contributed by atoms with Crippen LogP contribution in [0, 0.1) is 0 Å². The van der Waals surface area contributed by atoms with Gasteiger partial charge in [-0.05, 0) is 6.07 Å². The highest BCUT2D eigenvalue weighted by atomic mass is 35.5. The van der Waals surface area contributed by atoms with E-state index in [2.05, 4.69) is 30.8 Å². The average Bonchev–Trinajstić information content (AvgIpc) is 3.58. The van der Waals surface area contributed by atoms with E-state index < -0.39 is 6.03 Å². The molecule has 0 radical (unpaired) electrons. The molecule has 13 nitrogen and oxygen atoms in total. The van der Waals surface area contributed by atoms with Gasteiger partial charge in [-0.15, -0.1) is 0 Å². The van der Waals surface area contributed by atoms with Crippen LogP contribution in [0.3, 0.4) is 0 Å². The van der Waals surface area contributed by atoms with Gasteiger partial charge in [-0.2, -0.15) is 10.1 Å². The van der Waals surface area contributed by atoms with Gasteiger partial charge in [0.15, 0.2) is 0 Å². The lowest BCUT2D eigenvalue weighted by Crippen LogP contribution is -2.48. The molecule has 2 aromatic heterocycles. The molecule has 3 amide bonds. The molecule has 0 spiro atoms. The number of benzene rings is 1. The predicted octanol–water partition coefficient (Wildman–Crippen LogP) is 2.99. The fraction of sp³-hybridized carbons (Fsp3) is 0.375. The van der Waals surface area contributed by atoms with Crippen LogP contribution in [-0.2, 0) is 22.6 Å². The van der Waals surface area contributed by atoms with E-state index in [1.54, 1.807) is 24.5 Å². The Morgan fingerprint density at radius 2 is 1.92 bits per heavy atom. The Hall–Kier alpha value is -3.81. The first kappa shape index (κ1) is 26.8. The number of urea groups is 1. The van der Waals surface area contributed by atoms with E-state index in [-0.39, 0.29) is 52.8 Å². The van der Waals surface area contributed by atoms with E-state index in [1.165, 1.54) is 30.9 Å². The lowest BCUT2D eigenvalue weighted by atomic mass is 10.1. The van der Waals surface area contributed by atoms with E-state index in [0.717, 1.165) is 0 Å². The largest absolute Gasteiger partial charge is 0.495 e. The first-order chi connectivity index (χ1) is 18.8. The van der Waals surface area contributed by atoms with Gasteiger partial charge in [-0.1, -0.05) is 23.2 Å². The van der Waals surface area contributed by atoms with E-state index in [4.69, 9.17) is 37.4 Å². The summed E-state index contributed by atoms with van der Waals surface area (Å²) in [5, 5.41) is 13.3. The summed E-state index contributed by atoms with van der Waals surface area (Å²) in [5.41, 5.74) is 1.57. The number of aromatic nitrogens is 4. The van der Waals surface area contributed by atoms with Gasteiger partial charge >= 0.3 is 6.03 Å². The molecular weight excluding hydrogens is 551 g/mol. The number of methoxy groups -OCH3 is 2. The monoisotopic (exact) mass is 576 g/mol. The Morgan fingerprint density at radius 3 is 2.56 bits per heavy atom. The zero-order valence-corrected chi connectivity index (χ0v) is 22.8. The maximum absolute atomic E-state index is 14.0. The number of nitrogens with one attached hydrogen (secondary N) is 3. The maximum Gasteiger partial charge on any atom is 0.330 e. The van der Waals surface area contributed by atoms with Crippen LogP contribution in [0.5, 0.6) is 11.5 Å². The van der Waals surface area contributed by atoms with Gasteiger partial charge in [-0.25, -0.2) is 9.78 Å². The SMILES string of the molecule is COc1cc(OC)c(Cl)c(N2Cc3cnc(NC4COCC4NC(C)=O)nc3N(Cc3ccn[nH]3)C2=O)c1Cl. The minimum absolute atomic E-state index is 0.0880. The molecule has 1 saturated heterocycles. The van der Waals surface area contributed by atoms with E-state index >= 15 is 0 Å². The fourth-order valence-electron chi connectivity index (χ4n) is 4.52. The summed E-state index contributed by atoms with van der Waals surface area (Å²) in [5.74, 6) is 1.13. The van der Waals surface area contributed by atoms with Crippen molar-refractivity contribution in [3.63, 3.8) is 0 Å². The summed E-state index contributed by atoms with van der Waals surface area (Å²) in [7, 11) is 2.93. The predicted molar refractivity (Wildman–Crippen MR) is 144 cm³/mol. The van der Waals surface area contributed by atoms with Crippen LogP contribution in [-0.4, -0.2) is 71.6 Å². The minimum Gasteiger partial charge on any atom is -0.495 e. The van der Waals surface area contributed by atoms with Crippen molar-refractivity contribution < 1.29 is 23.8 Å². The van der Waals surface area contributed by atoms with Crippen LogP contribution in [0.1, 0.15) is 18.2 Å². The van der Waals surface area contributed by atoms with Crippen LogP contribution in [0.2, 0.25) is 10.0 Å². The van der Waals surface area contributed by atoms with Crippen LogP contribution in [0.4, 0.5) is 22.2 Å². The fourth-order valence-corrected chi connectivity index (χ4v) is 5.23. The van der Waals surface area contributed by atoms with Crippen molar-refractivity contribution in [2.45, 2.75) is 32.1 Å². The third-order valence-corrected chi connectivity index (χ3v) is 7.11. The number of rotatable bonds is 8. The normalized spacial score (nSPS) is 18.6.